The summed E-state index contributed by atoms with van der Waals surface area (Å²) in [6, 6.07) is 0.455. The SMILES string of the molecule is CC(C)(C)OC(=O)Nc1cc(C(F)(F)F)c2nc1-c1nnc(o1)C(O)(C(F)(F)F)CCCCCCC2O. The average molecular weight is 540 g/mol. The Morgan fingerprint density at radius 1 is 1.11 bits per heavy atom. The lowest BCUT2D eigenvalue weighted by Gasteiger charge is -2.27. The highest BCUT2D eigenvalue weighted by Gasteiger charge is 2.58. The second kappa shape index (κ2) is 10.1. The zero-order chi connectivity index (χ0) is 27.8. The van der Waals surface area contributed by atoms with Crippen molar-refractivity contribution in [2.75, 3.05) is 5.32 Å². The van der Waals surface area contributed by atoms with Crippen LogP contribution in [0.1, 0.15) is 82.5 Å². The van der Waals surface area contributed by atoms with Crippen molar-refractivity contribution in [2.24, 2.45) is 0 Å². The molecule has 3 N–H and O–H groups in total. The van der Waals surface area contributed by atoms with E-state index in [0.717, 1.165) is 0 Å². The van der Waals surface area contributed by atoms with Crippen molar-refractivity contribution in [2.45, 2.75) is 89.0 Å². The molecular weight excluding hydrogens is 514 g/mol. The maximum Gasteiger partial charge on any atom is 0.426 e. The van der Waals surface area contributed by atoms with E-state index in [1.54, 1.807) is 0 Å². The summed E-state index contributed by atoms with van der Waals surface area (Å²) in [5.41, 5.74) is -8.10. The summed E-state index contributed by atoms with van der Waals surface area (Å²) >= 11 is 0. The van der Waals surface area contributed by atoms with Crippen molar-refractivity contribution >= 4 is 11.8 Å². The van der Waals surface area contributed by atoms with Crippen molar-refractivity contribution in [1.29, 1.82) is 0 Å². The minimum Gasteiger partial charge on any atom is -0.444 e. The van der Waals surface area contributed by atoms with Gasteiger partial charge in [0.15, 0.2) is 5.69 Å². The molecule has 0 aromatic carbocycles. The highest BCUT2D eigenvalue weighted by atomic mass is 19.4. The molecule has 15 heteroatoms. The molecule has 0 saturated carbocycles. The van der Waals surface area contributed by atoms with Crippen LogP contribution in [0.5, 0.6) is 0 Å². The number of aromatic nitrogens is 3. The maximum absolute atomic E-state index is 13.9. The third-order valence-corrected chi connectivity index (χ3v) is 5.53. The van der Waals surface area contributed by atoms with E-state index in [0.29, 0.717) is 6.07 Å². The van der Waals surface area contributed by atoms with E-state index >= 15 is 0 Å². The largest absolute Gasteiger partial charge is 0.444 e. The highest BCUT2D eigenvalue weighted by molar-refractivity contribution is 5.89. The van der Waals surface area contributed by atoms with E-state index in [4.69, 9.17) is 9.15 Å². The molecule has 2 aromatic heterocycles. The Balaban J connectivity index is 2.24. The number of ether oxygens (including phenoxy) is 1. The fraction of sp³-hybridized carbons (Fsp3) is 0.636. The quantitative estimate of drug-likeness (QED) is 0.397. The van der Waals surface area contributed by atoms with Gasteiger partial charge in [0, 0.05) is 0 Å². The number of hydrogen-bond donors (Lipinski definition) is 3. The molecule has 3 rings (SSSR count). The standard InChI is InChI=1S/C22H26F6N4O5/c1-19(2,3)37-18(34)29-12-10-11(21(23,24)25)14-13(33)8-6-4-5-7-9-20(35,22(26,27)28)17-32-31-16(36-17)15(12)30-14/h10,13,33,35H,4-9H2,1-3H3,(H,29,34). The van der Waals surface area contributed by atoms with E-state index in [1.165, 1.54) is 20.8 Å². The zero-order valence-corrected chi connectivity index (χ0v) is 20.1. The van der Waals surface area contributed by atoms with Crippen LogP contribution in [0, 0.1) is 0 Å². The van der Waals surface area contributed by atoms with Gasteiger partial charge in [-0.3, -0.25) is 5.32 Å². The van der Waals surface area contributed by atoms with E-state index < -0.39 is 76.6 Å². The van der Waals surface area contributed by atoms with Crippen molar-refractivity contribution in [3.05, 3.63) is 23.2 Å². The topological polar surface area (TPSA) is 131 Å². The Morgan fingerprint density at radius 2 is 1.76 bits per heavy atom. The van der Waals surface area contributed by atoms with Gasteiger partial charge in [-0.25, -0.2) is 9.78 Å². The van der Waals surface area contributed by atoms with E-state index in [1.807, 2.05) is 0 Å². The van der Waals surface area contributed by atoms with Crippen LogP contribution in [0.2, 0.25) is 0 Å². The average Bonchev–Trinajstić information content (AvgIpc) is 3.22. The highest BCUT2D eigenvalue weighted by Crippen LogP contribution is 2.44. The van der Waals surface area contributed by atoms with Crippen LogP contribution in [-0.2, 0) is 16.5 Å². The molecular formula is C22H26F6N4O5. The number of fused-ring (bicyclic) bond motifs is 5. The maximum atomic E-state index is 13.9. The summed E-state index contributed by atoms with van der Waals surface area (Å²) in [5.74, 6) is -2.05. The predicted octanol–water partition coefficient (Wildman–Crippen LogP) is 5.63. The normalized spacial score (nSPS) is 21.8. The number of aliphatic hydroxyl groups is 2. The second-order valence-corrected chi connectivity index (χ2v) is 9.68. The number of halogens is 6. The Kier molecular flexibility index (Phi) is 7.80. The fourth-order valence-electron chi connectivity index (χ4n) is 3.75. The molecule has 0 saturated heterocycles. The molecule has 3 heterocycles. The molecule has 37 heavy (non-hydrogen) atoms. The molecule has 1 aliphatic heterocycles. The van der Waals surface area contributed by atoms with Crippen molar-refractivity contribution in [3.63, 3.8) is 0 Å². The predicted molar refractivity (Wildman–Crippen MR) is 115 cm³/mol. The molecule has 2 atom stereocenters. The first-order valence-electron chi connectivity index (χ1n) is 11.4. The van der Waals surface area contributed by atoms with Crippen LogP contribution in [-0.4, -0.2) is 43.3 Å². The van der Waals surface area contributed by atoms with Gasteiger partial charge in [0.1, 0.15) is 5.60 Å². The Labute approximate surface area is 207 Å². The number of alkyl halides is 6. The molecule has 2 unspecified atom stereocenters. The first-order chi connectivity index (χ1) is 16.9. The minimum absolute atomic E-state index is 0.118. The van der Waals surface area contributed by atoms with Crippen LogP contribution in [0.25, 0.3) is 11.6 Å². The number of amides is 1. The number of carbonyl (C=O) groups excluding carboxylic acids is 1. The van der Waals surface area contributed by atoms with Gasteiger partial charge in [0.05, 0.1) is 23.0 Å². The van der Waals surface area contributed by atoms with Gasteiger partial charge < -0.3 is 19.4 Å². The van der Waals surface area contributed by atoms with Gasteiger partial charge in [-0.05, 0) is 46.1 Å². The summed E-state index contributed by atoms with van der Waals surface area (Å²) < 4.78 is 93.3. The van der Waals surface area contributed by atoms with E-state index in [9.17, 15) is 41.4 Å². The lowest BCUT2D eigenvalue weighted by atomic mass is 9.94. The summed E-state index contributed by atoms with van der Waals surface area (Å²) in [6.07, 6.45) is -13.6. The molecule has 4 bridgehead atoms. The molecule has 1 aliphatic rings. The van der Waals surface area contributed by atoms with Gasteiger partial charge in [-0.2, -0.15) is 26.3 Å². The number of rotatable bonds is 1. The zero-order valence-electron chi connectivity index (χ0n) is 20.1. The third kappa shape index (κ3) is 6.50. The van der Waals surface area contributed by atoms with Gasteiger partial charge in [-0.1, -0.05) is 19.3 Å². The van der Waals surface area contributed by atoms with Gasteiger partial charge in [0.2, 0.25) is 5.60 Å². The monoisotopic (exact) mass is 540 g/mol. The molecule has 2 aromatic rings. The smallest absolute Gasteiger partial charge is 0.426 e. The van der Waals surface area contributed by atoms with Crippen LogP contribution in [0.4, 0.5) is 36.8 Å². The Bertz CT molecular complexity index is 1130. The number of nitrogens with zero attached hydrogens (tertiary/aromatic N) is 3. The van der Waals surface area contributed by atoms with Gasteiger partial charge in [-0.15, -0.1) is 10.2 Å². The number of pyridine rings is 1. The van der Waals surface area contributed by atoms with Crippen molar-refractivity contribution in [3.8, 4) is 11.6 Å². The lowest BCUT2D eigenvalue weighted by molar-refractivity contribution is -0.277. The van der Waals surface area contributed by atoms with Crippen molar-refractivity contribution < 1.29 is 50.5 Å². The molecule has 206 valence electrons. The number of nitrogens with one attached hydrogen (secondary N) is 1. The number of anilines is 1. The van der Waals surface area contributed by atoms with Crippen LogP contribution >= 0.6 is 0 Å². The Hall–Kier alpha value is -2.94. The molecule has 9 nitrogen and oxygen atoms in total. The van der Waals surface area contributed by atoms with Gasteiger partial charge in [0.25, 0.3) is 11.8 Å². The molecule has 0 radical (unpaired) electrons. The van der Waals surface area contributed by atoms with Crippen LogP contribution in [0.15, 0.2) is 10.5 Å². The second-order valence-electron chi connectivity index (χ2n) is 9.68. The Morgan fingerprint density at radius 3 is 2.35 bits per heavy atom. The number of carbonyl (C=O) groups is 1. The third-order valence-electron chi connectivity index (χ3n) is 5.53. The molecule has 1 amide bonds. The molecule has 0 aliphatic carbocycles. The minimum atomic E-state index is -5.21. The van der Waals surface area contributed by atoms with Gasteiger partial charge >= 0.3 is 18.4 Å². The van der Waals surface area contributed by atoms with E-state index in [-0.39, 0.29) is 32.1 Å². The summed E-state index contributed by atoms with van der Waals surface area (Å²) in [5, 5.41) is 29.8. The summed E-state index contributed by atoms with van der Waals surface area (Å²) in [4.78, 5) is 16.1. The first kappa shape index (κ1) is 28.6. The number of aliphatic hydroxyl groups excluding tert-OH is 1. The summed E-state index contributed by atoms with van der Waals surface area (Å²) in [7, 11) is 0. The van der Waals surface area contributed by atoms with Crippen molar-refractivity contribution in [1.82, 2.24) is 15.2 Å². The van der Waals surface area contributed by atoms with Crippen LogP contribution in [0.3, 0.4) is 0 Å². The molecule has 0 spiro atoms. The first-order valence-corrected chi connectivity index (χ1v) is 11.4. The fourth-order valence-corrected chi connectivity index (χ4v) is 3.75. The van der Waals surface area contributed by atoms with E-state index in [2.05, 4.69) is 20.5 Å². The summed E-state index contributed by atoms with van der Waals surface area (Å²) in [6.45, 7) is 4.50. The molecule has 0 fully saturated rings. The lowest BCUT2D eigenvalue weighted by Crippen LogP contribution is -2.42. The van der Waals surface area contributed by atoms with Crippen LogP contribution < -0.4 is 5.32 Å². The number of hydrogen-bond acceptors (Lipinski definition) is 8.